The van der Waals surface area contributed by atoms with E-state index in [9.17, 15) is 9.59 Å². The van der Waals surface area contributed by atoms with E-state index in [1.54, 1.807) is 12.1 Å². The fourth-order valence-electron chi connectivity index (χ4n) is 3.95. The molecule has 2 fully saturated rings. The van der Waals surface area contributed by atoms with Gasteiger partial charge in [-0.05, 0) is 43.5 Å². The van der Waals surface area contributed by atoms with E-state index in [4.69, 9.17) is 26.8 Å². The molecule has 1 aromatic carbocycles. The van der Waals surface area contributed by atoms with Crippen LogP contribution in [0.25, 0.3) is 0 Å². The number of nitrogens with two attached hydrogens (primary N) is 1. The quantitative estimate of drug-likeness (QED) is 0.804. The van der Waals surface area contributed by atoms with Gasteiger partial charge in [0.2, 0.25) is 11.8 Å². The normalized spacial score (nSPS) is 23.4. The fourth-order valence-corrected chi connectivity index (χ4v) is 4.07. The summed E-state index contributed by atoms with van der Waals surface area (Å²) in [5.74, 6) is 0.422. The number of hydrogen-bond donors (Lipinski definition) is 1. The summed E-state index contributed by atoms with van der Waals surface area (Å²) in [7, 11) is 0. The summed E-state index contributed by atoms with van der Waals surface area (Å²) in [6.07, 6.45) is 4.10. The van der Waals surface area contributed by atoms with Gasteiger partial charge in [0.15, 0.2) is 0 Å². The van der Waals surface area contributed by atoms with Crippen LogP contribution >= 0.6 is 11.6 Å². The van der Waals surface area contributed by atoms with Crippen molar-refractivity contribution in [1.29, 1.82) is 0 Å². The van der Waals surface area contributed by atoms with Crippen molar-refractivity contribution in [3.63, 3.8) is 0 Å². The van der Waals surface area contributed by atoms with Gasteiger partial charge in [-0.3, -0.25) is 9.59 Å². The SMILES string of the molecule is Cc1cc(OC[C@@]2(CC(N)=O)CN(C(=O)C3CCCC3)CCO2)ccc1Cl. The first-order chi connectivity index (χ1) is 12.9. The fraction of sp³-hybridized carbons (Fsp3) is 0.600. The molecule has 0 bridgehead atoms. The molecule has 6 nitrogen and oxygen atoms in total. The van der Waals surface area contributed by atoms with Crippen LogP contribution in [-0.2, 0) is 14.3 Å². The molecule has 148 valence electrons. The molecular weight excluding hydrogens is 368 g/mol. The third kappa shape index (κ3) is 4.93. The third-order valence-electron chi connectivity index (χ3n) is 5.39. The number of carbonyl (C=O) groups excluding carboxylic acids is 2. The van der Waals surface area contributed by atoms with E-state index in [1.807, 2.05) is 17.9 Å². The number of halogens is 1. The highest BCUT2D eigenvalue weighted by atomic mass is 35.5. The zero-order chi connectivity index (χ0) is 19.4. The predicted octanol–water partition coefficient (Wildman–Crippen LogP) is 2.69. The number of morpholine rings is 1. The zero-order valence-corrected chi connectivity index (χ0v) is 16.5. The molecule has 0 radical (unpaired) electrons. The Balaban J connectivity index is 1.71. The number of carbonyl (C=O) groups is 2. The molecule has 3 rings (SSSR count). The zero-order valence-electron chi connectivity index (χ0n) is 15.7. The number of amides is 2. The average Bonchev–Trinajstić information content (AvgIpc) is 3.16. The largest absolute Gasteiger partial charge is 0.490 e. The van der Waals surface area contributed by atoms with E-state index in [2.05, 4.69) is 0 Å². The Morgan fingerprint density at radius 1 is 1.37 bits per heavy atom. The van der Waals surface area contributed by atoms with Crippen molar-refractivity contribution >= 4 is 23.4 Å². The number of primary amides is 1. The number of ether oxygens (including phenoxy) is 2. The lowest BCUT2D eigenvalue weighted by molar-refractivity contribution is -0.164. The van der Waals surface area contributed by atoms with E-state index in [0.29, 0.717) is 30.5 Å². The van der Waals surface area contributed by atoms with Crippen molar-refractivity contribution in [3.05, 3.63) is 28.8 Å². The number of rotatable bonds is 6. The van der Waals surface area contributed by atoms with Crippen LogP contribution in [-0.4, -0.2) is 48.6 Å². The first kappa shape index (κ1) is 20.0. The highest BCUT2D eigenvalue weighted by Gasteiger charge is 2.42. The lowest BCUT2D eigenvalue weighted by atomic mass is 9.96. The van der Waals surface area contributed by atoms with Gasteiger partial charge in [0.05, 0.1) is 19.6 Å². The minimum absolute atomic E-state index is 0.00795. The van der Waals surface area contributed by atoms with Gasteiger partial charge >= 0.3 is 0 Å². The van der Waals surface area contributed by atoms with Crippen molar-refractivity contribution in [3.8, 4) is 5.75 Å². The summed E-state index contributed by atoms with van der Waals surface area (Å²) in [4.78, 5) is 26.3. The van der Waals surface area contributed by atoms with Crippen LogP contribution < -0.4 is 10.5 Å². The smallest absolute Gasteiger partial charge is 0.225 e. The molecule has 1 aromatic rings. The second kappa shape index (κ2) is 8.48. The van der Waals surface area contributed by atoms with E-state index in [-0.39, 0.29) is 24.9 Å². The maximum absolute atomic E-state index is 12.8. The first-order valence-electron chi connectivity index (χ1n) is 9.48. The number of aryl methyl sites for hydroxylation is 1. The average molecular weight is 395 g/mol. The Morgan fingerprint density at radius 3 is 2.78 bits per heavy atom. The Bertz CT molecular complexity index is 705. The van der Waals surface area contributed by atoms with Crippen molar-refractivity contribution in [2.24, 2.45) is 11.7 Å². The molecule has 2 amide bonds. The highest BCUT2D eigenvalue weighted by molar-refractivity contribution is 6.31. The number of benzene rings is 1. The van der Waals surface area contributed by atoms with Crippen LogP contribution in [0.4, 0.5) is 0 Å². The minimum atomic E-state index is -0.925. The summed E-state index contributed by atoms with van der Waals surface area (Å²) in [5, 5.41) is 0.663. The summed E-state index contributed by atoms with van der Waals surface area (Å²) in [6, 6.07) is 5.38. The van der Waals surface area contributed by atoms with Crippen molar-refractivity contribution in [2.45, 2.75) is 44.6 Å². The predicted molar refractivity (Wildman–Crippen MR) is 103 cm³/mol. The van der Waals surface area contributed by atoms with Gasteiger partial charge in [-0.2, -0.15) is 0 Å². The van der Waals surface area contributed by atoms with Crippen molar-refractivity contribution in [1.82, 2.24) is 4.90 Å². The lowest BCUT2D eigenvalue weighted by Crippen LogP contribution is -2.58. The minimum Gasteiger partial charge on any atom is -0.490 e. The van der Waals surface area contributed by atoms with E-state index in [0.717, 1.165) is 31.2 Å². The molecule has 0 aromatic heterocycles. The molecule has 1 heterocycles. The number of hydrogen-bond acceptors (Lipinski definition) is 4. The molecule has 1 saturated carbocycles. The monoisotopic (exact) mass is 394 g/mol. The Hall–Kier alpha value is -1.79. The van der Waals surface area contributed by atoms with E-state index >= 15 is 0 Å². The van der Waals surface area contributed by atoms with Crippen molar-refractivity contribution < 1.29 is 19.1 Å². The third-order valence-corrected chi connectivity index (χ3v) is 5.82. The molecule has 1 aliphatic heterocycles. The van der Waals surface area contributed by atoms with Crippen molar-refractivity contribution in [2.75, 3.05) is 26.3 Å². The summed E-state index contributed by atoms with van der Waals surface area (Å²) in [5.41, 5.74) is 5.45. The second-order valence-electron chi connectivity index (χ2n) is 7.62. The second-order valence-corrected chi connectivity index (χ2v) is 8.02. The van der Waals surface area contributed by atoms with Gasteiger partial charge in [-0.1, -0.05) is 24.4 Å². The van der Waals surface area contributed by atoms with Gasteiger partial charge < -0.3 is 20.1 Å². The van der Waals surface area contributed by atoms with E-state index < -0.39 is 11.5 Å². The van der Waals surface area contributed by atoms with Crippen LogP contribution in [0.1, 0.15) is 37.7 Å². The maximum atomic E-state index is 12.8. The topological polar surface area (TPSA) is 81.9 Å². The lowest BCUT2D eigenvalue weighted by Gasteiger charge is -2.42. The van der Waals surface area contributed by atoms with Crippen LogP contribution in [0.5, 0.6) is 5.75 Å². The van der Waals surface area contributed by atoms with Gasteiger partial charge in [-0.25, -0.2) is 0 Å². The molecule has 0 unspecified atom stereocenters. The summed E-state index contributed by atoms with van der Waals surface area (Å²) in [6.45, 7) is 3.27. The molecule has 0 spiro atoms. The summed E-state index contributed by atoms with van der Waals surface area (Å²) >= 11 is 6.06. The Labute approximate surface area is 164 Å². The van der Waals surface area contributed by atoms with Gasteiger partial charge in [0.25, 0.3) is 0 Å². The molecule has 7 heteroatoms. The molecule has 27 heavy (non-hydrogen) atoms. The first-order valence-corrected chi connectivity index (χ1v) is 9.86. The number of nitrogens with zero attached hydrogens (tertiary/aromatic N) is 1. The van der Waals surface area contributed by atoms with Crippen LogP contribution in [0.3, 0.4) is 0 Å². The maximum Gasteiger partial charge on any atom is 0.225 e. The van der Waals surface area contributed by atoms with E-state index in [1.165, 1.54) is 0 Å². The Kier molecular flexibility index (Phi) is 6.27. The van der Waals surface area contributed by atoms with Crippen LogP contribution in [0, 0.1) is 12.8 Å². The molecule has 1 aliphatic carbocycles. The molecule has 1 saturated heterocycles. The van der Waals surface area contributed by atoms with Crippen LogP contribution in [0.15, 0.2) is 18.2 Å². The Morgan fingerprint density at radius 2 is 2.11 bits per heavy atom. The highest BCUT2D eigenvalue weighted by Crippen LogP contribution is 2.30. The summed E-state index contributed by atoms with van der Waals surface area (Å²) < 4.78 is 11.9. The van der Waals surface area contributed by atoms with Crippen LogP contribution in [0.2, 0.25) is 5.02 Å². The molecule has 2 N–H and O–H groups in total. The molecule has 1 atom stereocenters. The standard InChI is InChI=1S/C20H27ClN2O4/c1-14-10-16(6-7-17(14)21)26-13-20(11-18(22)24)12-23(8-9-27-20)19(25)15-4-2-3-5-15/h6-7,10,15H,2-5,8-9,11-13H2,1H3,(H2,22,24)/t20-/m1/s1. The van der Waals surface area contributed by atoms with Gasteiger partial charge in [0.1, 0.15) is 18.0 Å². The molecule has 2 aliphatic rings. The van der Waals surface area contributed by atoms with Gasteiger partial charge in [-0.15, -0.1) is 0 Å². The van der Waals surface area contributed by atoms with Gasteiger partial charge in [0, 0.05) is 17.5 Å². The molecular formula is C20H27ClN2O4.